The second kappa shape index (κ2) is 16.4. The molecule has 0 atom stereocenters. The van der Waals surface area contributed by atoms with Crippen LogP contribution in [-0.4, -0.2) is 51.4 Å². The van der Waals surface area contributed by atoms with Crippen molar-refractivity contribution in [2.24, 2.45) is 0 Å². The lowest BCUT2D eigenvalue weighted by Gasteiger charge is -2.28. The number of rotatable bonds is 14. The molecule has 0 bridgehead atoms. The molecule has 48 heavy (non-hydrogen) atoms. The molecule has 12 heteroatoms. The zero-order valence-electron chi connectivity index (χ0n) is 27.2. The largest absolute Gasteiger partial charge is 0.416 e. The molecule has 6 nitrogen and oxygen atoms in total. The van der Waals surface area contributed by atoms with Crippen LogP contribution in [-0.2, 0) is 42.7 Å². The average molecular weight is 687 g/mol. The van der Waals surface area contributed by atoms with Crippen LogP contribution < -0.4 is 5.56 Å². The normalized spacial score (nSPS) is 11.7. The van der Waals surface area contributed by atoms with E-state index in [2.05, 4.69) is 22.5 Å². The van der Waals surface area contributed by atoms with E-state index in [4.69, 9.17) is 0 Å². The minimum Gasteiger partial charge on any atom is -0.336 e. The number of aryl methyl sites for hydroxylation is 2. The van der Waals surface area contributed by atoms with Crippen LogP contribution in [0.15, 0.2) is 71.5 Å². The molecule has 0 spiro atoms. The summed E-state index contributed by atoms with van der Waals surface area (Å²) in [4.78, 5) is 35.0. The summed E-state index contributed by atoms with van der Waals surface area (Å²) >= 11 is 4.30. The van der Waals surface area contributed by atoms with Crippen molar-refractivity contribution in [1.29, 1.82) is 0 Å². The highest BCUT2D eigenvalue weighted by atomic mass is 32.1. The molecule has 1 heterocycles. The molecule has 0 unspecified atom stereocenters. The van der Waals surface area contributed by atoms with E-state index in [1.54, 1.807) is 16.4 Å². The van der Waals surface area contributed by atoms with Gasteiger partial charge in [-0.3, -0.25) is 9.59 Å². The SMILES string of the molecule is CCN(CC)CCN(Cc1ccc(-c2ccc(C(F)(F)F)cc2)cc1)C(=O)Cn1c(CCc2cccc(F)c2F)nc(=O)c(CS)c1C. The number of benzene rings is 3. The summed E-state index contributed by atoms with van der Waals surface area (Å²) in [6, 6.07) is 16.2. The van der Waals surface area contributed by atoms with Crippen LogP contribution in [0.1, 0.15) is 47.6 Å². The quantitative estimate of drug-likeness (QED) is 0.114. The van der Waals surface area contributed by atoms with E-state index in [9.17, 15) is 31.5 Å². The van der Waals surface area contributed by atoms with Crippen LogP contribution in [0.3, 0.4) is 0 Å². The predicted octanol–water partition coefficient (Wildman–Crippen LogP) is 7.10. The first-order chi connectivity index (χ1) is 22.9. The second-order valence-corrected chi connectivity index (χ2v) is 11.8. The fraction of sp³-hybridized carbons (Fsp3) is 0.361. The van der Waals surface area contributed by atoms with E-state index in [-0.39, 0.29) is 49.0 Å². The average Bonchev–Trinajstić information content (AvgIpc) is 3.07. The maximum absolute atomic E-state index is 14.4. The molecule has 0 fully saturated rings. The van der Waals surface area contributed by atoms with Crippen LogP contribution in [0.2, 0.25) is 0 Å². The molecular weight excluding hydrogens is 647 g/mol. The summed E-state index contributed by atoms with van der Waals surface area (Å²) in [6.07, 6.45) is -4.25. The van der Waals surface area contributed by atoms with E-state index in [1.165, 1.54) is 24.3 Å². The third-order valence-electron chi connectivity index (χ3n) is 8.55. The summed E-state index contributed by atoms with van der Waals surface area (Å²) < 4.78 is 69.0. The standard InChI is InChI=1S/C36H39F5N4O2S/c1-4-43(5-2)19-20-44(21-25-9-11-26(12-10-25)27-13-16-29(17-14-27)36(39,40)41)33(46)22-45-24(3)30(23-48)35(47)42-32(45)18-15-28-7-6-8-31(37)34(28)38/h6-14,16-17,48H,4-5,15,18-23H2,1-3H3. The molecule has 0 N–H and O–H groups in total. The van der Waals surface area contributed by atoms with Crippen molar-refractivity contribution in [2.75, 3.05) is 26.2 Å². The van der Waals surface area contributed by atoms with Gasteiger partial charge in [-0.05, 0) is 66.9 Å². The number of nitrogens with zero attached hydrogens (tertiary/aromatic N) is 4. The fourth-order valence-electron chi connectivity index (χ4n) is 5.53. The zero-order valence-corrected chi connectivity index (χ0v) is 28.1. The van der Waals surface area contributed by atoms with Gasteiger partial charge in [0.05, 0.1) is 5.56 Å². The van der Waals surface area contributed by atoms with Crippen molar-refractivity contribution in [3.05, 3.63) is 122 Å². The Morgan fingerprint density at radius 2 is 1.52 bits per heavy atom. The van der Waals surface area contributed by atoms with Crippen molar-refractivity contribution in [1.82, 2.24) is 19.4 Å². The summed E-state index contributed by atoms with van der Waals surface area (Å²) in [5.74, 6) is -1.76. The molecular formula is C36H39F5N4O2S. The minimum atomic E-state index is -4.41. The molecule has 3 aromatic carbocycles. The Morgan fingerprint density at radius 1 is 0.896 bits per heavy atom. The van der Waals surface area contributed by atoms with Crippen molar-refractivity contribution < 1.29 is 26.7 Å². The van der Waals surface area contributed by atoms with Gasteiger partial charge in [0.25, 0.3) is 5.56 Å². The first-order valence-electron chi connectivity index (χ1n) is 15.8. The third-order valence-corrected chi connectivity index (χ3v) is 8.87. The first kappa shape index (κ1) is 36.8. The Labute approximate surface area is 282 Å². The Hall–Kier alpha value is -4.03. The Morgan fingerprint density at radius 3 is 2.10 bits per heavy atom. The Kier molecular flexibility index (Phi) is 12.6. The van der Waals surface area contributed by atoms with E-state index in [0.717, 1.165) is 42.4 Å². The van der Waals surface area contributed by atoms with Gasteiger partial charge >= 0.3 is 6.18 Å². The molecule has 4 rings (SSSR count). The Bertz CT molecular complexity index is 1750. The lowest BCUT2D eigenvalue weighted by atomic mass is 10.0. The maximum atomic E-state index is 14.4. The third kappa shape index (κ3) is 9.10. The van der Waals surface area contributed by atoms with E-state index >= 15 is 0 Å². The molecule has 4 aromatic rings. The van der Waals surface area contributed by atoms with Gasteiger partial charge in [0.1, 0.15) is 12.4 Å². The molecule has 256 valence electrons. The van der Waals surface area contributed by atoms with Crippen LogP contribution in [0, 0.1) is 18.6 Å². The molecule has 1 aromatic heterocycles. The van der Waals surface area contributed by atoms with Crippen LogP contribution in [0.25, 0.3) is 11.1 Å². The number of hydrogen-bond donors (Lipinski definition) is 1. The number of alkyl halides is 3. The summed E-state index contributed by atoms with van der Waals surface area (Å²) in [6.45, 7) is 8.56. The van der Waals surface area contributed by atoms with Gasteiger partial charge in [-0.25, -0.2) is 8.78 Å². The number of likely N-dealkylation sites (N-methyl/N-ethyl adjacent to an activating group) is 1. The van der Waals surface area contributed by atoms with Crippen LogP contribution >= 0.6 is 12.6 Å². The zero-order chi connectivity index (χ0) is 35.0. The highest BCUT2D eigenvalue weighted by Crippen LogP contribution is 2.31. The number of amides is 1. The van der Waals surface area contributed by atoms with Gasteiger partial charge in [0, 0.05) is 43.1 Å². The topological polar surface area (TPSA) is 58.4 Å². The minimum absolute atomic E-state index is 0.0703. The highest BCUT2D eigenvalue weighted by molar-refractivity contribution is 7.79. The number of aromatic nitrogens is 2. The summed E-state index contributed by atoms with van der Waals surface area (Å²) in [5.41, 5.74) is 2.01. The van der Waals surface area contributed by atoms with Gasteiger partial charge in [-0.2, -0.15) is 30.8 Å². The van der Waals surface area contributed by atoms with E-state index < -0.39 is 28.9 Å². The Balaban J connectivity index is 1.60. The van der Waals surface area contributed by atoms with Crippen molar-refractivity contribution >= 4 is 18.5 Å². The van der Waals surface area contributed by atoms with Gasteiger partial charge in [0.15, 0.2) is 11.6 Å². The van der Waals surface area contributed by atoms with Gasteiger partial charge < -0.3 is 14.4 Å². The summed E-state index contributed by atoms with van der Waals surface area (Å²) in [7, 11) is 0. The molecule has 0 saturated heterocycles. The lowest BCUT2D eigenvalue weighted by Crippen LogP contribution is -2.40. The number of carbonyl (C=O) groups excluding carboxylic acids is 1. The van der Waals surface area contributed by atoms with Crippen LogP contribution in [0.5, 0.6) is 0 Å². The lowest BCUT2D eigenvalue weighted by molar-refractivity contribution is -0.137. The number of hydrogen-bond acceptors (Lipinski definition) is 5. The van der Waals surface area contributed by atoms with Gasteiger partial charge in [0.2, 0.25) is 5.91 Å². The molecule has 0 radical (unpaired) electrons. The van der Waals surface area contributed by atoms with Crippen LogP contribution in [0.4, 0.5) is 22.0 Å². The second-order valence-electron chi connectivity index (χ2n) is 11.5. The van der Waals surface area contributed by atoms with Crippen molar-refractivity contribution in [2.45, 2.75) is 58.6 Å². The number of carbonyl (C=O) groups is 1. The molecule has 0 aliphatic rings. The van der Waals surface area contributed by atoms with E-state index in [1.807, 2.05) is 38.1 Å². The first-order valence-corrected chi connectivity index (χ1v) is 16.4. The predicted molar refractivity (Wildman–Crippen MR) is 180 cm³/mol. The monoisotopic (exact) mass is 686 g/mol. The number of thiol groups is 1. The maximum Gasteiger partial charge on any atom is 0.416 e. The molecule has 0 aliphatic heterocycles. The molecule has 0 saturated carbocycles. The molecule has 0 aliphatic carbocycles. The molecule has 1 amide bonds. The van der Waals surface area contributed by atoms with E-state index in [0.29, 0.717) is 29.9 Å². The fourth-order valence-corrected chi connectivity index (χ4v) is 5.89. The van der Waals surface area contributed by atoms with Crippen molar-refractivity contribution in [3.8, 4) is 11.1 Å². The van der Waals surface area contributed by atoms with Gasteiger partial charge in [-0.15, -0.1) is 0 Å². The van der Waals surface area contributed by atoms with Crippen molar-refractivity contribution in [3.63, 3.8) is 0 Å². The summed E-state index contributed by atoms with van der Waals surface area (Å²) in [5, 5.41) is 0. The smallest absolute Gasteiger partial charge is 0.336 e. The highest BCUT2D eigenvalue weighted by Gasteiger charge is 2.30. The number of halogens is 5. The van der Waals surface area contributed by atoms with Gasteiger partial charge in [-0.1, -0.05) is 62.4 Å².